The Hall–Kier alpha value is -1.79. The molecule has 0 saturated heterocycles. The third-order valence-corrected chi connectivity index (χ3v) is 4.16. The van der Waals surface area contributed by atoms with E-state index >= 15 is 0 Å². The van der Waals surface area contributed by atoms with E-state index in [1.54, 1.807) is 13.8 Å². The number of nitrogens with two attached hydrogens (primary N) is 1. The minimum Gasteiger partial charge on any atom is -0.384 e. The second kappa shape index (κ2) is 8.74. The second-order valence-corrected chi connectivity index (χ2v) is 6.53. The lowest BCUT2D eigenvalue weighted by molar-refractivity contribution is -0.139. The lowest BCUT2D eigenvalue weighted by Gasteiger charge is -2.33. The first-order valence-electron chi connectivity index (χ1n) is 8.32. The van der Waals surface area contributed by atoms with Gasteiger partial charge in [0, 0.05) is 19.5 Å². The van der Waals surface area contributed by atoms with Crippen molar-refractivity contribution in [3.8, 4) is 0 Å². The molecule has 1 aliphatic carbocycles. The van der Waals surface area contributed by atoms with Gasteiger partial charge in [-0.2, -0.15) is 0 Å². The Morgan fingerprint density at radius 2 is 1.91 bits per heavy atom. The predicted octanol–water partition coefficient (Wildman–Crippen LogP) is 1.37. The average molecular weight is 326 g/mol. The van der Waals surface area contributed by atoms with Crippen molar-refractivity contribution in [2.75, 3.05) is 13.2 Å². The maximum Gasteiger partial charge on any atom is 0.263 e. The smallest absolute Gasteiger partial charge is 0.263 e. The summed E-state index contributed by atoms with van der Waals surface area (Å²) in [5.41, 5.74) is 5.01. The van der Waals surface area contributed by atoms with Crippen LogP contribution in [0.1, 0.15) is 59.8 Å². The molecule has 1 saturated carbocycles. The molecular weight excluding hydrogens is 296 g/mol. The van der Waals surface area contributed by atoms with Crippen molar-refractivity contribution in [1.82, 2.24) is 10.2 Å². The summed E-state index contributed by atoms with van der Waals surface area (Å²) in [5, 5.41) is 6.46. The molecule has 1 aliphatic rings. The van der Waals surface area contributed by atoms with Gasteiger partial charge in [0.25, 0.3) is 5.91 Å². The number of amides is 2. The molecular formula is C16H30N4O3. The van der Waals surface area contributed by atoms with E-state index in [0.717, 1.165) is 12.8 Å². The highest BCUT2D eigenvalue weighted by Crippen LogP contribution is 2.22. The fourth-order valence-electron chi connectivity index (χ4n) is 2.89. The van der Waals surface area contributed by atoms with Gasteiger partial charge in [-0.15, -0.1) is 0 Å². The summed E-state index contributed by atoms with van der Waals surface area (Å²) < 4.78 is 0. The van der Waals surface area contributed by atoms with Gasteiger partial charge in [0.2, 0.25) is 5.91 Å². The van der Waals surface area contributed by atoms with Crippen LogP contribution in [-0.4, -0.2) is 47.3 Å². The highest BCUT2D eigenvalue weighted by molar-refractivity contribution is 5.92. The minimum absolute atomic E-state index is 0.0757. The van der Waals surface area contributed by atoms with Crippen molar-refractivity contribution in [2.24, 2.45) is 10.9 Å². The molecule has 0 atom stereocenters. The van der Waals surface area contributed by atoms with E-state index in [1.165, 1.54) is 26.2 Å². The molecule has 1 fully saturated rings. The molecule has 0 aromatic heterocycles. The number of hydrogen-bond acceptors (Lipinski definition) is 4. The highest BCUT2D eigenvalue weighted by atomic mass is 16.6. The van der Waals surface area contributed by atoms with E-state index in [0.29, 0.717) is 12.6 Å². The number of rotatable bonds is 7. The maximum atomic E-state index is 12.3. The first kappa shape index (κ1) is 19.3. The highest BCUT2D eigenvalue weighted by Gasteiger charge is 2.26. The Bertz CT molecular complexity index is 443. The fraction of sp³-hybridized carbons (Fsp3) is 0.812. The van der Waals surface area contributed by atoms with Crippen LogP contribution in [0.4, 0.5) is 0 Å². The number of oxime groups is 1. The zero-order valence-electron chi connectivity index (χ0n) is 14.7. The fourth-order valence-corrected chi connectivity index (χ4v) is 2.89. The van der Waals surface area contributed by atoms with Crippen LogP contribution in [0.5, 0.6) is 0 Å². The van der Waals surface area contributed by atoms with Crippen molar-refractivity contribution >= 4 is 17.6 Å². The number of carbonyl (C=O) groups is 2. The van der Waals surface area contributed by atoms with E-state index in [9.17, 15) is 9.59 Å². The van der Waals surface area contributed by atoms with Crippen molar-refractivity contribution < 1.29 is 14.4 Å². The van der Waals surface area contributed by atoms with Gasteiger partial charge in [0.1, 0.15) is 0 Å². The van der Waals surface area contributed by atoms with E-state index in [1.807, 2.05) is 11.8 Å². The third kappa shape index (κ3) is 6.08. The monoisotopic (exact) mass is 326 g/mol. The Labute approximate surface area is 138 Å². The van der Waals surface area contributed by atoms with Crippen LogP contribution >= 0.6 is 0 Å². The van der Waals surface area contributed by atoms with Gasteiger partial charge < -0.3 is 20.8 Å². The normalized spacial score (nSPS) is 16.8. The van der Waals surface area contributed by atoms with Crippen molar-refractivity contribution in [3.05, 3.63) is 0 Å². The van der Waals surface area contributed by atoms with E-state index < -0.39 is 5.54 Å². The van der Waals surface area contributed by atoms with Crippen LogP contribution < -0.4 is 11.1 Å². The molecule has 0 unspecified atom stereocenters. The molecule has 7 nitrogen and oxygen atoms in total. The van der Waals surface area contributed by atoms with Crippen LogP contribution in [0.15, 0.2) is 5.16 Å². The number of likely N-dealkylation sites (N-methyl/N-ethyl adjacent to an activating group) is 1. The number of carbonyl (C=O) groups excluding carboxylic acids is 2. The first-order valence-corrected chi connectivity index (χ1v) is 8.32. The van der Waals surface area contributed by atoms with Crippen LogP contribution in [-0.2, 0) is 14.4 Å². The summed E-state index contributed by atoms with van der Waals surface area (Å²) in [6.45, 7) is 7.36. The van der Waals surface area contributed by atoms with Gasteiger partial charge >= 0.3 is 0 Å². The second-order valence-electron chi connectivity index (χ2n) is 6.53. The standard InChI is InChI=1S/C16H30N4O3/c1-5-20(13-9-7-6-8-10-13)14(22)11-23-19-15(17)16(3,4)18-12(2)21/h13H,5-11H2,1-4H3,(H2,17,19)(H,18,21). The molecule has 0 heterocycles. The lowest BCUT2D eigenvalue weighted by Crippen LogP contribution is -2.52. The Morgan fingerprint density at radius 3 is 2.43 bits per heavy atom. The molecule has 0 radical (unpaired) electrons. The van der Waals surface area contributed by atoms with E-state index in [2.05, 4.69) is 10.5 Å². The van der Waals surface area contributed by atoms with Gasteiger partial charge in [0.15, 0.2) is 12.4 Å². The zero-order valence-corrected chi connectivity index (χ0v) is 14.7. The summed E-state index contributed by atoms with van der Waals surface area (Å²) >= 11 is 0. The van der Waals surface area contributed by atoms with Crippen LogP contribution in [0.25, 0.3) is 0 Å². The van der Waals surface area contributed by atoms with Gasteiger partial charge in [-0.05, 0) is 33.6 Å². The van der Waals surface area contributed by atoms with Crippen molar-refractivity contribution in [2.45, 2.75) is 71.4 Å². The summed E-state index contributed by atoms with van der Waals surface area (Å²) in [5.74, 6) is -0.159. The third-order valence-electron chi connectivity index (χ3n) is 4.16. The molecule has 1 rings (SSSR count). The van der Waals surface area contributed by atoms with Gasteiger partial charge in [0.05, 0.1) is 5.54 Å². The van der Waals surface area contributed by atoms with Crippen molar-refractivity contribution in [3.63, 3.8) is 0 Å². The first-order chi connectivity index (χ1) is 10.8. The minimum atomic E-state index is -0.817. The molecule has 0 aromatic rings. The van der Waals surface area contributed by atoms with Crippen LogP contribution in [0.3, 0.4) is 0 Å². The van der Waals surface area contributed by atoms with Crippen molar-refractivity contribution in [1.29, 1.82) is 0 Å². The molecule has 23 heavy (non-hydrogen) atoms. The van der Waals surface area contributed by atoms with Gasteiger partial charge in [-0.3, -0.25) is 9.59 Å². The quantitative estimate of drug-likeness (QED) is 0.419. The maximum absolute atomic E-state index is 12.3. The van der Waals surface area contributed by atoms with Gasteiger partial charge in [-0.25, -0.2) is 0 Å². The number of amidine groups is 1. The molecule has 0 aliphatic heterocycles. The zero-order chi connectivity index (χ0) is 17.5. The molecule has 2 amide bonds. The topological polar surface area (TPSA) is 97.0 Å². The van der Waals surface area contributed by atoms with Gasteiger partial charge in [-0.1, -0.05) is 24.4 Å². The molecule has 0 bridgehead atoms. The Balaban J connectivity index is 2.53. The summed E-state index contributed by atoms with van der Waals surface area (Å²) in [6.07, 6.45) is 5.70. The molecule has 0 spiro atoms. The number of hydrogen-bond donors (Lipinski definition) is 2. The summed E-state index contributed by atoms with van der Waals surface area (Å²) in [4.78, 5) is 30.4. The van der Waals surface area contributed by atoms with Crippen LogP contribution in [0.2, 0.25) is 0 Å². The van der Waals surface area contributed by atoms with Crippen LogP contribution in [0, 0.1) is 0 Å². The van der Waals surface area contributed by atoms with E-state index in [-0.39, 0.29) is 24.3 Å². The molecule has 132 valence electrons. The van der Waals surface area contributed by atoms with E-state index in [4.69, 9.17) is 10.6 Å². The average Bonchev–Trinajstić information content (AvgIpc) is 2.47. The molecule has 0 aromatic carbocycles. The lowest BCUT2D eigenvalue weighted by atomic mass is 9.94. The molecule has 3 N–H and O–H groups in total. The summed E-state index contributed by atoms with van der Waals surface area (Å²) in [6, 6.07) is 0.307. The Morgan fingerprint density at radius 1 is 1.30 bits per heavy atom. The largest absolute Gasteiger partial charge is 0.384 e. The molecule has 7 heteroatoms. The predicted molar refractivity (Wildman–Crippen MR) is 89.7 cm³/mol. The number of nitrogens with one attached hydrogen (secondary N) is 1. The SMILES string of the molecule is CCN(C(=O)CO/N=C(/N)C(C)(C)NC(C)=O)C1CCCCC1. The Kier molecular flexibility index (Phi) is 7.32. The number of nitrogens with zero attached hydrogens (tertiary/aromatic N) is 2. The summed E-state index contributed by atoms with van der Waals surface area (Å²) in [7, 11) is 0.